The molecule has 0 spiro atoms. The van der Waals surface area contributed by atoms with Crippen molar-refractivity contribution in [1.29, 1.82) is 0 Å². The van der Waals surface area contributed by atoms with Crippen molar-refractivity contribution in [2.24, 2.45) is 9.98 Å². The lowest BCUT2D eigenvalue weighted by molar-refractivity contribution is -0.746. The summed E-state index contributed by atoms with van der Waals surface area (Å²) in [6.07, 6.45) is 13.4. The Morgan fingerprint density at radius 3 is 2.45 bits per heavy atom. The van der Waals surface area contributed by atoms with Crippen LogP contribution in [-0.4, -0.2) is 23.2 Å². The molecule has 5 rings (SSSR count). The summed E-state index contributed by atoms with van der Waals surface area (Å²) >= 11 is 0. The highest BCUT2D eigenvalue weighted by Crippen LogP contribution is 2.40. The Morgan fingerprint density at radius 1 is 1.00 bits per heavy atom. The van der Waals surface area contributed by atoms with Crippen LogP contribution < -0.4 is 9.75 Å². The molecule has 5 heteroatoms. The summed E-state index contributed by atoms with van der Waals surface area (Å²) in [5.41, 5.74) is 4.51. The van der Waals surface area contributed by atoms with Crippen LogP contribution in [0.2, 0.25) is 0 Å². The van der Waals surface area contributed by atoms with E-state index in [4.69, 9.17) is 4.74 Å². The van der Waals surface area contributed by atoms with Gasteiger partial charge in [-0.15, -0.1) is 4.59 Å². The first kappa shape index (κ1) is 17.9. The second-order valence-corrected chi connectivity index (χ2v) is 7.88. The largest absolute Gasteiger partial charge is 0.457 e. The first-order valence-electron chi connectivity index (χ1n) is 10.2. The maximum absolute atomic E-state index is 6.21. The van der Waals surface area contributed by atoms with E-state index in [2.05, 4.69) is 77.5 Å². The van der Waals surface area contributed by atoms with E-state index in [9.17, 15) is 0 Å². The molecule has 5 nitrogen and oxygen atoms in total. The molecule has 2 heterocycles. The third-order valence-electron chi connectivity index (χ3n) is 5.96. The van der Waals surface area contributed by atoms with Crippen molar-refractivity contribution in [3.8, 4) is 11.5 Å². The molecule has 0 saturated heterocycles. The van der Waals surface area contributed by atoms with Crippen molar-refractivity contribution >= 4 is 18.2 Å². The van der Waals surface area contributed by atoms with Crippen LogP contribution in [0.15, 0.2) is 76.7 Å². The molecule has 2 aromatic carbocycles. The zero-order chi connectivity index (χ0) is 19.8. The number of aryl methyl sites for hydroxylation is 2. The lowest BCUT2D eigenvalue weighted by Crippen LogP contribution is -2.61. The number of allylic oxidation sites excluding steroid dienone is 1. The van der Waals surface area contributed by atoms with Crippen LogP contribution in [0.3, 0.4) is 0 Å². The van der Waals surface area contributed by atoms with E-state index in [1.807, 2.05) is 25.0 Å². The molecule has 3 aliphatic rings. The molecule has 0 N–H and O–H groups in total. The maximum Gasteiger partial charge on any atom is 0.225 e. The molecule has 1 saturated carbocycles. The van der Waals surface area contributed by atoms with Crippen LogP contribution in [-0.2, 0) is 0 Å². The third-order valence-corrected chi connectivity index (χ3v) is 5.96. The van der Waals surface area contributed by atoms with Crippen molar-refractivity contribution < 1.29 is 9.33 Å². The molecule has 1 unspecified atom stereocenters. The molecule has 0 radical (unpaired) electrons. The molecule has 1 fully saturated rings. The fraction of sp³-hybridized carbons (Fsp3) is 0.250. The highest BCUT2D eigenvalue weighted by Gasteiger charge is 2.46. The van der Waals surface area contributed by atoms with Gasteiger partial charge in [-0.2, -0.15) is 0 Å². The summed E-state index contributed by atoms with van der Waals surface area (Å²) in [6, 6.07) is 15.1. The second kappa shape index (κ2) is 7.01. The van der Waals surface area contributed by atoms with E-state index in [1.165, 1.54) is 19.3 Å². The summed E-state index contributed by atoms with van der Waals surface area (Å²) < 4.78 is 6.69. The van der Waals surface area contributed by atoms with Crippen molar-refractivity contribution in [3.05, 3.63) is 77.9 Å². The minimum atomic E-state index is 0.476. The van der Waals surface area contributed by atoms with E-state index in [0.29, 0.717) is 10.6 Å². The highest BCUT2D eigenvalue weighted by molar-refractivity contribution is 5.82. The van der Waals surface area contributed by atoms with Crippen molar-refractivity contribution in [2.45, 2.75) is 39.2 Å². The fourth-order valence-electron chi connectivity index (χ4n) is 4.18. The molecule has 2 aromatic rings. The summed E-state index contributed by atoms with van der Waals surface area (Å²) in [7, 11) is 0. The van der Waals surface area contributed by atoms with Gasteiger partial charge in [-0.1, -0.05) is 18.2 Å². The molecule has 29 heavy (non-hydrogen) atoms. The number of ether oxygens (including phenoxy) is 1. The van der Waals surface area contributed by atoms with Gasteiger partial charge in [-0.25, -0.2) is 10.0 Å². The summed E-state index contributed by atoms with van der Waals surface area (Å²) in [5, 5.41) is 2.44. The molecule has 1 atom stereocenters. The molecule has 0 amide bonds. The van der Waals surface area contributed by atoms with Crippen molar-refractivity contribution in [1.82, 2.24) is 0 Å². The number of quaternary nitrogens is 1. The Labute approximate surface area is 171 Å². The zero-order valence-electron chi connectivity index (χ0n) is 16.8. The van der Waals surface area contributed by atoms with Gasteiger partial charge in [0, 0.05) is 0 Å². The van der Waals surface area contributed by atoms with Crippen LogP contribution in [0.4, 0.5) is 5.69 Å². The Hall–Kier alpha value is -3.18. The van der Waals surface area contributed by atoms with Crippen LogP contribution in [0.1, 0.15) is 30.4 Å². The topological polar surface area (TPSA) is 37.2 Å². The minimum absolute atomic E-state index is 0.476. The second-order valence-electron chi connectivity index (χ2n) is 7.88. The van der Waals surface area contributed by atoms with Crippen LogP contribution >= 0.6 is 0 Å². The summed E-state index contributed by atoms with van der Waals surface area (Å²) in [4.78, 5) is 8.76. The molecular formula is C24H25N4O+. The van der Waals surface area contributed by atoms with E-state index in [0.717, 1.165) is 34.0 Å². The smallest absolute Gasteiger partial charge is 0.225 e. The number of para-hydroxylation sites is 1. The van der Waals surface area contributed by atoms with E-state index in [-0.39, 0.29) is 0 Å². The number of aliphatic imine (C=N–C) groups is 2. The van der Waals surface area contributed by atoms with Gasteiger partial charge in [-0.05, 0) is 68.5 Å². The standard InChI is InChI=1S/C24H25N4O/c1-18-5-3-6-19(2)24(18)29-23-11-9-21(10-12-23)27(20-7-4-8-20)28-14-13-25-15-22(28)16-26-17-28/h3,5-6,9-17,20H,4,7-8H2,1-2H3/q+1. The first-order chi connectivity index (χ1) is 14.2. The average Bonchev–Trinajstić information content (AvgIpc) is 3.13. The van der Waals surface area contributed by atoms with E-state index in [1.54, 1.807) is 0 Å². The van der Waals surface area contributed by atoms with Gasteiger partial charge >= 0.3 is 0 Å². The lowest BCUT2D eigenvalue weighted by atomic mass is 9.92. The first-order valence-corrected chi connectivity index (χ1v) is 10.2. The maximum atomic E-state index is 6.21. The van der Waals surface area contributed by atoms with Crippen LogP contribution in [0.25, 0.3) is 0 Å². The van der Waals surface area contributed by atoms with Gasteiger partial charge < -0.3 is 4.74 Å². The number of anilines is 1. The van der Waals surface area contributed by atoms with Gasteiger partial charge in [0.05, 0.1) is 30.3 Å². The van der Waals surface area contributed by atoms with Gasteiger partial charge in [0.1, 0.15) is 11.5 Å². The number of hydrogen-bond acceptors (Lipinski definition) is 4. The van der Waals surface area contributed by atoms with Gasteiger partial charge in [0.25, 0.3) is 0 Å². The Bertz CT molecular complexity index is 1030. The van der Waals surface area contributed by atoms with Crippen molar-refractivity contribution in [2.75, 3.05) is 5.01 Å². The number of nitrogens with zero attached hydrogens (tertiary/aromatic N) is 4. The Morgan fingerprint density at radius 2 is 1.76 bits per heavy atom. The highest BCUT2D eigenvalue weighted by atomic mass is 16.5. The Balaban J connectivity index is 1.47. The SMILES string of the molecule is Cc1cccc(C)c1Oc1ccc(N(C2CCC2)[N+]23C=CN=CC2=CN=C3)cc1. The molecule has 146 valence electrons. The molecule has 0 aromatic heterocycles. The molecular weight excluding hydrogens is 360 g/mol. The van der Waals surface area contributed by atoms with Crippen LogP contribution in [0, 0.1) is 13.8 Å². The quantitative estimate of drug-likeness (QED) is 0.626. The zero-order valence-corrected chi connectivity index (χ0v) is 16.8. The van der Waals surface area contributed by atoms with E-state index >= 15 is 0 Å². The van der Waals surface area contributed by atoms with Gasteiger partial charge in [0.15, 0.2) is 6.20 Å². The fourth-order valence-corrected chi connectivity index (χ4v) is 4.18. The Kier molecular flexibility index (Phi) is 4.32. The molecule has 1 aliphatic carbocycles. The normalized spacial score (nSPS) is 22.2. The van der Waals surface area contributed by atoms with Crippen LogP contribution in [0.5, 0.6) is 11.5 Å². The summed E-state index contributed by atoms with van der Waals surface area (Å²) in [6.45, 7) is 4.16. The number of rotatable bonds is 5. The predicted molar refractivity (Wildman–Crippen MR) is 117 cm³/mol. The van der Waals surface area contributed by atoms with Gasteiger partial charge in [-0.3, -0.25) is 4.99 Å². The predicted octanol–water partition coefficient (Wildman–Crippen LogP) is 5.63. The number of fused-ring (bicyclic) bond motifs is 1. The van der Waals surface area contributed by atoms with Gasteiger partial charge in [0.2, 0.25) is 12.0 Å². The lowest BCUT2D eigenvalue weighted by Gasteiger charge is -2.46. The number of hydrogen-bond donors (Lipinski definition) is 0. The van der Waals surface area contributed by atoms with Crippen molar-refractivity contribution in [3.63, 3.8) is 0 Å². The third kappa shape index (κ3) is 2.98. The molecule has 2 aliphatic heterocycles. The number of benzene rings is 2. The summed E-state index contributed by atoms with van der Waals surface area (Å²) in [5.74, 6) is 1.78. The minimum Gasteiger partial charge on any atom is -0.457 e. The monoisotopic (exact) mass is 385 g/mol. The average molecular weight is 385 g/mol. The molecule has 0 bridgehead atoms. The van der Waals surface area contributed by atoms with E-state index < -0.39 is 0 Å².